The predicted molar refractivity (Wildman–Crippen MR) is 59.4 cm³/mol. The number of aromatic amines is 1. The molecule has 1 aromatic rings. The molecule has 1 heterocycles. The Balaban J connectivity index is 2.53. The maximum absolute atomic E-state index is 11.7. The third-order valence-electron chi connectivity index (χ3n) is 2.21. The molecule has 16 heavy (non-hydrogen) atoms. The van der Waals surface area contributed by atoms with Crippen molar-refractivity contribution in [3.8, 4) is 0 Å². The number of nitrogens with zero attached hydrogens (tertiary/aromatic N) is 1. The van der Waals surface area contributed by atoms with E-state index in [1.807, 2.05) is 6.92 Å². The van der Waals surface area contributed by atoms with Crippen LogP contribution in [0, 0.1) is 6.92 Å². The monoisotopic (exact) mass is 247 g/mol. The topological polar surface area (TPSA) is 95.1 Å². The molecule has 3 N–H and O–H groups in total. The van der Waals surface area contributed by atoms with Gasteiger partial charge >= 0.3 is 0 Å². The van der Waals surface area contributed by atoms with Crippen molar-refractivity contribution < 1.29 is 13.5 Å². The van der Waals surface area contributed by atoms with Crippen molar-refractivity contribution in [2.75, 3.05) is 6.54 Å². The molecule has 0 radical (unpaired) electrons. The third-order valence-corrected chi connectivity index (χ3v) is 3.58. The summed E-state index contributed by atoms with van der Waals surface area (Å²) in [5.41, 5.74) is 0. The average molecular weight is 247 g/mol. The fourth-order valence-corrected chi connectivity index (χ4v) is 2.19. The molecule has 0 bridgehead atoms. The van der Waals surface area contributed by atoms with E-state index in [9.17, 15) is 13.5 Å². The molecule has 0 spiro atoms. The molecule has 6 nitrogen and oxygen atoms in total. The van der Waals surface area contributed by atoms with E-state index in [-0.39, 0.29) is 11.6 Å². The van der Waals surface area contributed by atoms with Gasteiger partial charge in [-0.3, -0.25) is 0 Å². The lowest BCUT2D eigenvalue weighted by molar-refractivity contribution is 0.162. The Labute approximate surface area is 95.2 Å². The summed E-state index contributed by atoms with van der Waals surface area (Å²) in [6.07, 6.45) is 1.83. The number of hydrogen-bond donors (Lipinski definition) is 3. The van der Waals surface area contributed by atoms with E-state index in [4.69, 9.17) is 0 Å². The summed E-state index contributed by atoms with van der Waals surface area (Å²) in [6, 6.07) is 0. The lowest BCUT2D eigenvalue weighted by atomic mass is 10.2. The number of aliphatic hydroxyl groups excluding tert-OH is 1. The van der Waals surface area contributed by atoms with Crippen LogP contribution in [0.5, 0.6) is 0 Å². The number of aromatic nitrogens is 2. The highest BCUT2D eigenvalue weighted by molar-refractivity contribution is 7.89. The molecule has 0 aliphatic rings. The fraction of sp³-hybridized carbons (Fsp3) is 0.667. The van der Waals surface area contributed by atoms with Crippen LogP contribution in [-0.2, 0) is 10.0 Å². The molecule has 0 saturated carbocycles. The molecule has 1 rings (SSSR count). The Kier molecular flexibility index (Phi) is 4.45. The maximum atomic E-state index is 11.7. The van der Waals surface area contributed by atoms with Gasteiger partial charge in [0.2, 0.25) is 0 Å². The number of aryl methyl sites for hydroxylation is 1. The van der Waals surface area contributed by atoms with Gasteiger partial charge in [0.15, 0.2) is 5.03 Å². The van der Waals surface area contributed by atoms with Crippen LogP contribution in [0.25, 0.3) is 0 Å². The number of aliphatic hydroxyl groups is 1. The largest absolute Gasteiger partial charge is 0.393 e. The van der Waals surface area contributed by atoms with E-state index in [0.717, 1.165) is 0 Å². The first-order chi connectivity index (χ1) is 7.45. The molecule has 0 fully saturated rings. The highest BCUT2D eigenvalue weighted by Crippen LogP contribution is 2.05. The average Bonchev–Trinajstić information content (AvgIpc) is 2.65. The lowest BCUT2D eigenvalue weighted by Gasteiger charge is -2.08. The van der Waals surface area contributed by atoms with Gasteiger partial charge in [0, 0.05) is 6.54 Å². The van der Waals surface area contributed by atoms with Crippen molar-refractivity contribution in [2.45, 2.75) is 37.8 Å². The molecule has 1 unspecified atom stereocenters. The molecule has 1 aromatic heterocycles. The van der Waals surface area contributed by atoms with Crippen LogP contribution in [0.2, 0.25) is 0 Å². The molecule has 0 aliphatic heterocycles. The first-order valence-electron chi connectivity index (χ1n) is 5.15. The molecule has 0 aromatic carbocycles. The van der Waals surface area contributed by atoms with Crippen molar-refractivity contribution in [3.05, 3.63) is 12.0 Å². The normalized spacial score (nSPS) is 13.9. The summed E-state index contributed by atoms with van der Waals surface area (Å²) in [6.45, 7) is 3.74. The van der Waals surface area contributed by atoms with E-state index < -0.39 is 16.1 Å². The van der Waals surface area contributed by atoms with Crippen molar-refractivity contribution >= 4 is 10.0 Å². The second kappa shape index (κ2) is 5.42. The van der Waals surface area contributed by atoms with Gasteiger partial charge in [-0.25, -0.2) is 18.1 Å². The number of sulfonamides is 1. The summed E-state index contributed by atoms with van der Waals surface area (Å²) in [5, 5.41) is 9.33. The minimum Gasteiger partial charge on any atom is -0.393 e. The zero-order valence-electron chi connectivity index (χ0n) is 9.40. The molecule has 0 aliphatic carbocycles. The summed E-state index contributed by atoms with van der Waals surface area (Å²) in [5.74, 6) is 0.550. The lowest BCUT2D eigenvalue weighted by Crippen LogP contribution is -2.27. The zero-order chi connectivity index (χ0) is 12.2. The van der Waals surface area contributed by atoms with Crippen LogP contribution in [0.1, 0.15) is 25.6 Å². The van der Waals surface area contributed by atoms with Gasteiger partial charge in [0.25, 0.3) is 10.0 Å². The number of rotatable bonds is 6. The predicted octanol–water partition coefficient (Wildman–Crippen LogP) is 0.157. The van der Waals surface area contributed by atoms with Gasteiger partial charge in [0.1, 0.15) is 5.82 Å². The third kappa shape index (κ3) is 3.58. The molecular formula is C9H17N3O3S. The van der Waals surface area contributed by atoms with E-state index in [1.165, 1.54) is 6.20 Å². The van der Waals surface area contributed by atoms with Crippen molar-refractivity contribution in [1.82, 2.24) is 14.7 Å². The molecule has 92 valence electrons. The zero-order valence-corrected chi connectivity index (χ0v) is 10.2. The number of nitrogens with one attached hydrogen (secondary N) is 2. The molecular weight excluding hydrogens is 230 g/mol. The van der Waals surface area contributed by atoms with Crippen LogP contribution >= 0.6 is 0 Å². The van der Waals surface area contributed by atoms with E-state index in [0.29, 0.717) is 18.7 Å². The van der Waals surface area contributed by atoms with E-state index in [2.05, 4.69) is 14.7 Å². The van der Waals surface area contributed by atoms with Crippen LogP contribution in [-0.4, -0.2) is 36.1 Å². The number of imidazole rings is 1. The molecule has 0 amide bonds. The molecule has 1 atom stereocenters. The Morgan fingerprint density at radius 1 is 1.62 bits per heavy atom. The Bertz CT molecular complexity index is 427. The maximum Gasteiger partial charge on any atom is 0.257 e. The summed E-state index contributed by atoms with van der Waals surface area (Å²) in [7, 11) is -3.52. The van der Waals surface area contributed by atoms with Gasteiger partial charge < -0.3 is 10.1 Å². The van der Waals surface area contributed by atoms with Gasteiger partial charge in [-0.1, -0.05) is 6.92 Å². The SMILES string of the molecule is CCC(O)CCNS(=O)(=O)c1cnc(C)[nH]1. The first kappa shape index (κ1) is 13.1. The molecule has 7 heteroatoms. The van der Waals surface area contributed by atoms with Crippen LogP contribution in [0.3, 0.4) is 0 Å². The highest BCUT2D eigenvalue weighted by atomic mass is 32.2. The standard InChI is InChI=1S/C9H17N3O3S/c1-3-8(13)4-5-11-16(14,15)9-6-10-7(2)12-9/h6,8,11,13H,3-5H2,1-2H3,(H,10,12). The number of hydrogen-bond acceptors (Lipinski definition) is 4. The van der Waals surface area contributed by atoms with Crippen molar-refractivity contribution in [1.29, 1.82) is 0 Å². The van der Waals surface area contributed by atoms with Crippen LogP contribution in [0.4, 0.5) is 0 Å². The number of H-pyrrole nitrogens is 1. The van der Waals surface area contributed by atoms with Gasteiger partial charge in [0.05, 0.1) is 12.3 Å². The van der Waals surface area contributed by atoms with E-state index >= 15 is 0 Å². The summed E-state index contributed by atoms with van der Waals surface area (Å²) >= 11 is 0. The van der Waals surface area contributed by atoms with Crippen molar-refractivity contribution in [2.24, 2.45) is 0 Å². The fourth-order valence-electron chi connectivity index (χ4n) is 1.18. The smallest absolute Gasteiger partial charge is 0.257 e. The van der Waals surface area contributed by atoms with Crippen LogP contribution < -0.4 is 4.72 Å². The Hall–Kier alpha value is -0.920. The van der Waals surface area contributed by atoms with Gasteiger partial charge in [-0.15, -0.1) is 0 Å². The van der Waals surface area contributed by atoms with Crippen molar-refractivity contribution in [3.63, 3.8) is 0 Å². The minimum atomic E-state index is -3.52. The van der Waals surface area contributed by atoms with Crippen LogP contribution in [0.15, 0.2) is 11.2 Å². The van der Waals surface area contributed by atoms with Gasteiger partial charge in [-0.05, 0) is 19.8 Å². The first-order valence-corrected chi connectivity index (χ1v) is 6.63. The van der Waals surface area contributed by atoms with Gasteiger partial charge in [-0.2, -0.15) is 0 Å². The minimum absolute atomic E-state index is 0.0518. The quantitative estimate of drug-likeness (QED) is 0.667. The summed E-state index contributed by atoms with van der Waals surface area (Å²) < 4.78 is 25.7. The Morgan fingerprint density at radius 3 is 2.81 bits per heavy atom. The molecule has 0 saturated heterocycles. The second-order valence-electron chi connectivity index (χ2n) is 3.58. The second-order valence-corrected chi connectivity index (χ2v) is 5.32. The highest BCUT2D eigenvalue weighted by Gasteiger charge is 2.16. The van der Waals surface area contributed by atoms with E-state index in [1.54, 1.807) is 6.92 Å². The Morgan fingerprint density at radius 2 is 2.31 bits per heavy atom. The summed E-state index contributed by atoms with van der Waals surface area (Å²) in [4.78, 5) is 6.46.